The molecule has 140 valence electrons. The minimum atomic E-state index is -1.20. The lowest BCUT2D eigenvalue weighted by Gasteiger charge is -2.35. The van der Waals surface area contributed by atoms with E-state index in [9.17, 15) is 19.5 Å². The van der Waals surface area contributed by atoms with Crippen LogP contribution >= 0.6 is 0 Å². The molecule has 0 spiro atoms. The van der Waals surface area contributed by atoms with Crippen LogP contribution in [0.4, 0.5) is 0 Å². The molecule has 0 aliphatic carbocycles. The number of carbonyl (C=O) groups is 3. The summed E-state index contributed by atoms with van der Waals surface area (Å²) in [6, 6.07) is 0. The second-order valence-electron chi connectivity index (χ2n) is 5.01. The Balaban J connectivity index is 4.95. The van der Waals surface area contributed by atoms with Gasteiger partial charge in [0.05, 0.1) is 18.1 Å². The van der Waals surface area contributed by atoms with Crippen LogP contribution in [0.2, 0.25) is 0 Å². The first-order valence-corrected chi connectivity index (χ1v) is 7.48. The summed E-state index contributed by atoms with van der Waals surface area (Å²) in [5, 5.41) is 10.4. The quantitative estimate of drug-likeness (QED) is 0.170. The van der Waals surface area contributed by atoms with Crippen molar-refractivity contribution in [2.24, 2.45) is 5.41 Å². The third-order valence-electron chi connectivity index (χ3n) is 3.47. The Labute approximate surface area is 146 Å². The molecule has 8 heteroatoms. The van der Waals surface area contributed by atoms with Crippen molar-refractivity contribution in [2.75, 3.05) is 26.6 Å². The fraction of sp³-hybridized carbons (Fsp3) is 0.471. The molecule has 0 amide bonds. The standard InChI is InChI=1S/C17H24O8/c1-5-14(19)23-9-13(18)17(8-4,11-24-15(20)6-2)10-22-12-25-16(21)7-3/h5-7,13,18H,1-3,8-12H2,4H3. The number of carbonyl (C=O) groups excluding carboxylic acids is 3. The molecule has 0 saturated carbocycles. The van der Waals surface area contributed by atoms with Crippen molar-refractivity contribution in [1.82, 2.24) is 0 Å². The molecule has 0 aliphatic rings. The van der Waals surface area contributed by atoms with Crippen LogP contribution < -0.4 is 0 Å². The maximum Gasteiger partial charge on any atom is 0.332 e. The van der Waals surface area contributed by atoms with Gasteiger partial charge in [0.1, 0.15) is 13.2 Å². The SMILES string of the molecule is C=CC(=O)OCOCC(CC)(COC(=O)C=C)C(O)COC(=O)C=C. The Morgan fingerprint density at radius 3 is 2.00 bits per heavy atom. The van der Waals surface area contributed by atoms with E-state index in [1.807, 2.05) is 0 Å². The van der Waals surface area contributed by atoms with Gasteiger partial charge in [-0.3, -0.25) is 0 Å². The number of ether oxygens (including phenoxy) is 4. The highest BCUT2D eigenvalue weighted by atomic mass is 16.7. The molecule has 0 radical (unpaired) electrons. The first-order valence-electron chi connectivity index (χ1n) is 7.48. The molecule has 0 aliphatic heterocycles. The zero-order valence-corrected chi connectivity index (χ0v) is 14.3. The molecule has 8 nitrogen and oxygen atoms in total. The average Bonchev–Trinajstić information content (AvgIpc) is 2.64. The Morgan fingerprint density at radius 1 is 0.960 bits per heavy atom. The largest absolute Gasteiger partial charge is 0.462 e. The molecule has 0 aromatic rings. The number of esters is 3. The van der Waals surface area contributed by atoms with Crippen LogP contribution in [-0.4, -0.2) is 55.7 Å². The van der Waals surface area contributed by atoms with E-state index in [0.717, 1.165) is 18.2 Å². The highest BCUT2D eigenvalue weighted by Crippen LogP contribution is 2.28. The first kappa shape index (κ1) is 22.6. The summed E-state index contributed by atoms with van der Waals surface area (Å²) >= 11 is 0. The Kier molecular flexibility index (Phi) is 10.8. The van der Waals surface area contributed by atoms with Crippen molar-refractivity contribution >= 4 is 17.9 Å². The van der Waals surface area contributed by atoms with Crippen LogP contribution in [0, 0.1) is 5.41 Å². The minimum Gasteiger partial charge on any atom is -0.462 e. The highest BCUT2D eigenvalue weighted by Gasteiger charge is 2.39. The van der Waals surface area contributed by atoms with E-state index in [-0.39, 0.29) is 26.6 Å². The summed E-state index contributed by atoms with van der Waals surface area (Å²) in [7, 11) is 0. The fourth-order valence-corrected chi connectivity index (χ4v) is 1.75. The smallest absolute Gasteiger partial charge is 0.332 e. The van der Waals surface area contributed by atoms with Crippen LogP contribution in [0.3, 0.4) is 0 Å². The van der Waals surface area contributed by atoms with E-state index in [4.69, 9.17) is 14.2 Å². The van der Waals surface area contributed by atoms with Gasteiger partial charge in [-0.25, -0.2) is 14.4 Å². The number of aliphatic hydroxyl groups is 1. The lowest BCUT2D eigenvalue weighted by atomic mass is 9.81. The zero-order chi connectivity index (χ0) is 19.3. The summed E-state index contributed by atoms with van der Waals surface area (Å²) in [6.45, 7) is 10.5. The van der Waals surface area contributed by atoms with Crippen LogP contribution in [0.5, 0.6) is 0 Å². The topological polar surface area (TPSA) is 108 Å². The number of hydrogen-bond acceptors (Lipinski definition) is 8. The lowest BCUT2D eigenvalue weighted by molar-refractivity contribution is -0.170. The second kappa shape index (κ2) is 12.0. The molecule has 0 fully saturated rings. The maximum atomic E-state index is 11.3. The van der Waals surface area contributed by atoms with Crippen molar-refractivity contribution in [2.45, 2.75) is 19.4 Å². The predicted molar refractivity (Wildman–Crippen MR) is 88.2 cm³/mol. The van der Waals surface area contributed by atoms with Crippen molar-refractivity contribution in [3.05, 3.63) is 38.0 Å². The normalized spacial score (nSPS) is 13.7. The molecule has 2 atom stereocenters. The van der Waals surface area contributed by atoms with E-state index in [1.165, 1.54) is 0 Å². The van der Waals surface area contributed by atoms with Gasteiger partial charge in [0.2, 0.25) is 0 Å². The van der Waals surface area contributed by atoms with Gasteiger partial charge in [-0.1, -0.05) is 26.7 Å². The van der Waals surface area contributed by atoms with Crippen molar-refractivity contribution in [3.63, 3.8) is 0 Å². The summed E-state index contributed by atoms with van der Waals surface area (Å²) in [5.74, 6) is -2.04. The van der Waals surface area contributed by atoms with E-state index in [2.05, 4.69) is 24.5 Å². The molecule has 0 heterocycles. The van der Waals surface area contributed by atoms with Gasteiger partial charge in [0.25, 0.3) is 0 Å². The molecular formula is C17H24O8. The second-order valence-corrected chi connectivity index (χ2v) is 5.01. The van der Waals surface area contributed by atoms with Crippen LogP contribution in [0.25, 0.3) is 0 Å². The summed E-state index contributed by atoms with van der Waals surface area (Å²) in [6.07, 6.45) is 2.04. The summed E-state index contributed by atoms with van der Waals surface area (Å²) < 4.78 is 19.8. The van der Waals surface area contributed by atoms with Gasteiger partial charge in [-0.05, 0) is 6.42 Å². The Morgan fingerprint density at radius 2 is 1.48 bits per heavy atom. The van der Waals surface area contributed by atoms with Crippen LogP contribution in [0.1, 0.15) is 13.3 Å². The molecule has 2 unspecified atom stereocenters. The zero-order valence-electron chi connectivity index (χ0n) is 14.3. The van der Waals surface area contributed by atoms with E-state index in [0.29, 0.717) is 6.42 Å². The summed E-state index contributed by atoms with van der Waals surface area (Å²) in [5.41, 5.74) is -1.08. The van der Waals surface area contributed by atoms with Gasteiger partial charge in [0.15, 0.2) is 6.79 Å². The third-order valence-corrected chi connectivity index (χ3v) is 3.47. The van der Waals surface area contributed by atoms with E-state index < -0.39 is 29.4 Å². The van der Waals surface area contributed by atoms with Crippen molar-refractivity contribution in [1.29, 1.82) is 0 Å². The van der Waals surface area contributed by atoms with Gasteiger partial charge in [-0.2, -0.15) is 0 Å². The monoisotopic (exact) mass is 356 g/mol. The van der Waals surface area contributed by atoms with Crippen molar-refractivity contribution in [3.8, 4) is 0 Å². The first-order chi connectivity index (χ1) is 11.8. The summed E-state index contributed by atoms with van der Waals surface area (Å²) in [4.78, 5) is 33.5. The Bertz CT molecular complexity index is 499. The molecule has 1 N–H and O–H groups in total. The van der Waals surface area contributed by atoms with E-state index in [1.54, 1.807) is 6.92 Å². The average molecular weight is 356 g/mol. The van der Waals surface area contributed by atoms with Gasteiger partial charge in [-0.15, -0.1) is 0 Å². The van der Waals surface area contributed by atoms with Crippen molar-refractivity contribution < 1.29 is 38.4 Å². The molecular weight excluding hydrogens is 332 g/mol. The van der Waals surface area contributed by atoms with Crippen LogP contribution in [0.15, 0.2) is 38.0 Å². The lowest BCUT2D eigenvalue weighted by Crippen LogP contribution is -2.46. The Hall–Kier alpha value is -2.45. The van der Waals surface area contributed by atoms with Gasteiger partial charge < -0.3 is 24.1 Å². The maximum absolute atomic E-state index is 11.3. The number of aliphatic hydroxyl groups excluding tert-OH is 1. The molecule has 0 bridgehead atoms. The molecule has 0 rings (SSSR count). The molecule has 25 heavy (non-hydrogen) atoms. The molecule has 0 aromatic carbocycles. The number of rotatable bonds is 13. The minimum absolute atomic E-state index is 0.120. The van der Waals surface area contributed by atoms with E-state index >= 15 is 0 Å². The third kappa shape index (κ3) is 8.27. The number of hydrogen-bond donors (Lipinski definition) is 1. The molecule has 0 saturated heterocycles. The molecule has 0 aromatic heterocycles. The van der Waals surface area contributed by atoms with Crippen LogP contribution in [-0.2, 0) is 33.3 Å². The highest BCUT2D eigenvalue weighted by molar-refractivity contribution is 5.81. The van der Waals surface area contributed by atoms with Gasteiger partial charge in [0, 0.05) is 18.2 Å². The fourth-order valence-electron chi connectivity index (χ4n) is 1.75. The predicted octanol–water partition coefficient (Wildman–Crippen LogP) is 0.905. The van der Waals surface area contributed by atoms with Gasteiger partial charge >= 0.3 is 17.9 Å².